The van der Waals surface area contributed by atoms with Crippen LogP contribution in [0.25, 0.3) is 0 Å². The maximum absolute atomic E-state index is 3.61. The molecule has 0 bridgehead atoms. The Morgan fingerprint density at radius 3 is 2.67 bits per heavy atom. The van der Waals surface area contributed by atoms with Crippen LogP contribution in [0.2, 0.25) is 0 Å². The fourth-order valence-electron chi connectivity index (χ4n) is 2.40. The summed E-state index contributed by atoms with van der Waals surface area (Å²) in [7, 11) is 0. The minimum absolute atomic E-state index is 0.534. The Labute approximate surface area is 115 Å². The van der Waals surface area contributed by atoms with Crippen LogP contribution >= 0.6 is 11.3 Å². The first kappa shape index (κ1) is 14.0. The molecule has 2 nitrogen and oxygen atoms in total. The van der Waals surface area contributed by atoms with Gasteiger partial charge in [-0.1, -0.05) is 13.8 Å². The highest BCUT2D eigenvalue weighted by Gasteiger charge is 2.13. The normalized spacial score (nSPS) is 16.9. The molecule has 0 spiro atoms. The van der Waals surface area contributed by atoms with E-state index < -0.39 is 0 Å². The number of rotatable bonds is 6. The number of hydrogen-bond donors (Lipinski definition) is 2. The zero-order chi connectivity index (χ0) is 13.0. The molecule has 0 amide bonds. The number of nitrogens with one attached hydrogen (secondary N) is 2. The first-order valence-corrected chi connectivity index (χ1v) is 8.04. The van der Waals surface area contributed by atoms with E-state index in [-0.39, 0.29) is 0 Å². The van der Waals surface area contributed by atoms with E-state index in [1.807, 2.05) is 11.3 Å². The molecule has 0 saturated carbocycles. The van der Waals surface area contributed by atoms with Gasteiger partial charge in [0.25, 0.3) is 0 Å². The van der Waals surface area contributed by atoms with Crippen LogP contribution in [0.1, 0.15) is 48.9 Å². The van der Waals surface area contributed by atoms with Gasteiger partial charge in [0, 0.05) is 34.9 Å². The van der Waals surface area contributed by atoms with E-state index in [0.29, 0.717) is 12.1 Å². The van der Waals surface area contributed by atoms with E-state index in [2.05, 4.69) is 37.5 Å². The number of aryl methyl sites for hydroxylation is 2. The summed E-state index contributed by atoms with van der Waals surface area (Å²) in [6.45, 7) is 8.71. The van der Waals surface area contributed by atoms with Gasteiger partial charge in [0.15, 0.2) is 0 Å². The van der Waals surface area contributed by atoms with Gasteiger partial charge in [-0.3, -0.25) is 0 Å². The molecular weight excluding hydrogens is 240 g/mol. The van der Waals surface area contributed by atoms with Crippen molar-refractivity contribution in [2.75, 3.05) is 6.54 Å². The molecule has 1 atom stereocenters. The fraction of sp³-hybridized carbons (Fsp3) is 0.733. The van der Waals surface area contributed by atoms with E-state index in [0.717, 1.165) is 13.1 Å². The molecule has 1 unspecified atom stereocenters. The summed E-state index contributed by atoms with van der Waals surface area (Å²) in [5.74, 6) is 0. The molecule has 2 N–H and O–H groups in total. The molecule has 3 heteroatoms. The van der Waals surface area contributed by atoms with Crippen molar-refractivity contribution in [1.82, 2.24) is 10.6 Å². The van der Waals surface area contributed by atoms with Crippen LogP contribution in [0.5, 0.6) is 0 Å². The Balaban J connectivity index is 1.77. The molecule has 18 heavy (non-hydrogen) atoms. The second kappa shape index (κ2) is 6.69. The van der Waals surface area contributed by atoms with Gasteiger partial charge in [0.2, 0.25) is 0 Å². The number of hydrogen-bond acceptors (Lipinski definition) is 3. The number of thiophene rings is 1. The van der Waals surface area contributed by atoms with Crippen molar-refractivity contribution in [2.24, 2.45) is 0 Å². The molecule has 1 aromatic heterocycles. The fourth-order valence-corrected chi connectivity index (χ4v) is 3.61. The van der Waals surface area contributed by atoms with Crippen molar-refractivity contribution >= 4 is 11.3 Å². The van der Waals surface area contributed by atoms with E-state index in [4.69, 9.17) is 0 Å². The Morgan fingerprint density at radius 2 is 1.94 bits per heavy atom. The Hall–Kier alpha value is -0.380. The molecule has 0 fully saturated rings. The lowest BCUT2D eigenvalue weighted by Crippen LogP contribution is -2.38. The quantitative estimate of drug-likeness (QED) is 0.827. The average Bonchev–Trinajstić information content (AvgIpc) is 2.76. The van der Waals surface area contributed by atoms with E-state index in [1.54, 1.807) is 10.4 Å². The summed E-state index contributed by atoms with van der Waals surface area (Å²) in [5, 5.41) is 7.08. The second-order valence-electron chi connectivity index (χ2n) is 5.71. The van der Waals surface area contributed by atoms with E-state index in [9.17, 15) is 0 Å². The zero-order valence-corrected chi connectivity index (χ0v) is 12.7. The predicted molar refractivity (Wildman–Crippen MR) is 80.4 cm³/mol. The Bertz CT molecular complexity index is 347. The van der Waals surface area contributed by atoms with Gasteiger partial charge in [0.1, 0.15) is 0 Å². The molecule has 0 aliphatic heterocycles. The lowest BCUT2D eigenvalue weighted by Gasteiger charge is -2.15. The van der Waals surface area contributed by atoms with Gasteiger partial charge in [-0.2, -0.15) is 0 Å². The van der Waals surface area contributed by atoms with Gasteiger partial charge < -0.3 is 10.6 Å². The SMILES string of the molecule is CC(C)NCC(C)NCc1cc2c(s1)CCCC2. The first-order valence-electron chi connectivity index (χ1n) is 7.22. The van der Waals surface area contributed by atoms with Crippen molar-refractivity contribution in [1.29, 1.82) is 0 Å². The van der Waals surface area contributed by atoms with E-state index in [1.165, 1.54) is 30.6 Å². The maximum atomic E-state index is 3.61. The Kier molecular flexibility index (Phi) is 5.22. The molecule has 102 valence electrons. The summed E-state index contributed by atoms with van der Waals surface area (Å²) in [6.07, 6.45) is 5.38. The van der Waals surface area contributed by atoms with Gasteiger partial charge in [-0.25, -0.2) is 0 Å². The van der Waals surface area contributed by atoms with Crippen LogP contribution in [0.15, 0.2) is 6.07 Å². The van der Waals surface area contributed by atoms with Crippen LogP contribution in [-0.4, -0.2) is 18.6 Å². The summed E-state index contributed by atoms with van der Waals surface area (Å²) < 4.78 is 0. The van der Waals surface area contributed by atoms with Crippen molar-refractivity contribution in [2.45, 2.75) is 65.1 Å². The zero-order valence-electron chi connectivity index (χ0n) is 11.9. The highest BCUT2D eigenvalue weighted by molar-refractivity contribution is 7.12. The van der Waals surface area contributed by atoms with Gasteiger partial charge in [0.05, 0.1) is 0 Å². The third-order valence-electron chi connectivity index (χ3n) is 3.50. The minimum atomic E-state index is 0.534. The van der Waals surface area contributed by atoms with Crippen LogP contribution in [0.4, 0.5) is 0 Å². The first-order chi connectivity index (χ1) is 8.65. The molecule has 1 heterocycles. The summed E-state index contributed by atoms with van der Waals surface area (Å²) in [4.78, 5) is 3.16. The molecule has 0 radical (unpaired) electrons. The van der Waals surface area contributed by atoms with Gasteiger partial charge >= 0.3 is 0 Å². The van der Waals surface area contributed by atoms with Crippen molar-refractivity contribution in [3.63, 3.8) is 0 Å². The molecule has 1 aliphatic carbocycles. The number of fused-ring (bicyclic) bond motifs is 1. The lowest BCUT2D eigenvalue weighted by atomic mass is 9.99. The highest BCUT2D eigenvalue weighted by Crippen LogP contribution is 2.29. The summed E-state index contributed by atoms with van der Waals surface area (Å²) >= 11 is 2.02. The topological polar surface area (TPSA) is 24.1 Å². The smallest absolute Gasteiger partial charge is 0.0302 e. The van der Waals surface area contributed by atoms with Gasteiger partial charge in [-0.15, -0.1) is 11.3 Å². The van der Waals surface area contributed by atoms with E-state index >= 15 is 0 Å². The largest absolute Gasteiger partial charge is 0.313 e. The molecular formula is C15H26N2S. The van der Waals surface area contributed by atoms with Crippen molar-refractivity contribution < 1.29 is 0 Å². The summed E-state index contributed by atoms with van der Waals surface area (Å²) in [5.41, 5.74) is 1.62. The third kappa shape index (κ3) is 4.08. The maximum Gasteiger partial charge on any atom is 0.0302 e. The minimum Gasteiger partial charge on any atom is -0.313 e. The highest BCUT2D eigenvalue weighted by atomic mass is 32.1. The molecule has 0 saturated heterocycles. The standard InChI is InChI=1S/C15H26N2S/c1-11(2)16-9-12(3)17-10-14-8-13-6-4-5-7-15(13)18-14/h8,11-12,16-17H,4-7,9-10H2,1-3H3. The van der Waals surface area contributed by atoms with Crippen LogP contribution in [-0.2, 0) is 19.4 Å². The van der Waals surface area contributed by atoms with Crippen molar-refractivity contribution in [3.8, 4) is 0 Å². The average molecular weight is 266 g/mol. The molecule has 1 aromatic rings. The van der Waals surface area contributed by atoms with Crippen LogP contribution in [0.3, 0.4) is 0 Å². The lowest BCUT2D eigenvalue weighted by molar-refractivity contribution is 0.475. The second-order valence-corrected chi connectivity index (χ2v) is 6.93. The molecule has 0 aromatic carbocycles. The third-order valence-corrected chi connectivity index (χ3v) is 4.74. The molecule has 1 aliphatic rings. The van der Waals surface area contributed by atoms with Crippen molar-refractivity contribution in [3.05, 3.63) is 21.4 Å². The summed E-state index contributed by atoms with van der Waals surface area (Å²) in [6, 6.07) is 3.53. The predicted octanol–water partition coefficient (Wildman–Crippen LogP) is 3.10. The Morgan fingerprint density at radius 1 is 1.17 bits per heavy atom. The van der Waals surface area contributed by atoms with Crippen LogP contribution < -0.4 is 10.6 Å². The van der Waals surface area contributed by atoms with Crippen LogP contribution in [0, 0.1) is 0 Å². The van der Waals surface area contributed by atoms with Gasteiger partial charge in [-0.05, 0) is 44.2 Å². The molecule has 2 rings (SSSR count). The monoisotopic (exact) mass is 266 g/mol.